The largest absolute Gasteiger partial charge is 0.348 e. The molecule has 0 bridgehead atoms. The van der Waals surface area contributed by atoms with E-state index in [-0.39, 0.29) is 5.91 Å². The first-order valence-electron chi connectivity index (χ1n) is 5.97. The van der Waals surface area contributed by atoms with Crippen LogP contribution in [0.15, 0.2) is 11.2 Å². The van der Waals surface area contributed by atoms with Crippen molar-refractivity contribution in [2.75, 3.05) is 17.8 Å². The minimum absolute atomic E-state index is 0.0762. The minimum atomic E-state index is -0.0762. The fourth-order valence-corrected chi connectivity index (χ4v) is 3.38. The highest BCUT2D eigenvalue weighted by Gasteiger charge is 2.18. The average molecular weight is 283 g/mol. The number of carbonyl (C=O) groups is 1. The highest BCUT2D eigenvalue weighted by Crippen LogP contribution is 2.17. The molecule has 0 spiro atoms. The van der Waals surface area contributed by atoms with E-state index in [1.165, 1.54) is 11.8 Å². The summed E-state index contributed by atoms with van der Waals surface area (Å²) in [6, 6.07) is 2.04. The van der Waals surface area contributed by atoms with Crippen molar-refractivity contribution in [2.24, 2.45) is 0 Å². The van der Waals surface area contributed by atoms with Gasteiger partial charge in [0.1, 0.15) is 5.69 Å². The Kier molecular flexibility index (Phi) is 4.88. The molecule has 18 heavy (non-hydrogen) atoms. The predicted octanol–water partition coefficient (Wildman–Crippen LogP) is 2.13. The van der Waals surface area contributed by atoms with Crippen molar-refractivity contribution in [1.29, 1.82) is 0 Å². The van der Waals surface area contributed by atoms with Gasteiger partial charge in [-0.15, -0.1) is 0 Å². The van der Waals surface area contributed by atoms with Gasteiger partial charge in [0, 0.05) is 11.7 Å². The highest BCUT2D eigenvalue weighted by molar-refractivity contribution is 7.99. The van der Waals surface area contributed by atoms with E-state index in [0.29, 0.717) is 16.9 Å². The molecule has 0 aromatic carbocycles. The Morgan fingerprint density at radius 2 is 2.17 bits per heavy atom. The third kappa shape index (κ3) is 3.62. The number of carbonyl (C=O) groups excluding carboxylic acids is 1. The number of aryl methyl sites for hydroxylation is 1. The first-order valence-corrected chi connectivity index (χ1v) is 8.35. The van der Waals surface area contributed by atoms with Crippen LogP contribution in [-0.4, -0.2) is 39.7 Å². The molecule has 0 aliphatic carbocycles. The van der Waals surface area contributed by atoms with Crippen LogP contribution < -0.4 is 5.32 Å². The van der Waals surface area contributed by atoms with Crippen LogP contribution in [0.4, 0.5) is 0 Å². The molecule has 1 N–H and O–H groups in total. The minimum Gasteiger partial charge on any atom is -0.348 e. The summed E-state index contributed by atoms with van der Waals surface area (Å²) in [6.45, 7) is 1.88. The lowest BCUT2D eigenvalue weighted by Crippen LogP contribution is -2.37. The van der Waals surface area contributed by atoms with E-state index in [0.717, 1.165) is 30.0 Å². The lowest BCUT2D eigenvalue weighted by Gasteiger charge is -2.22. The molecule has 4 nitrogen and oxygen atoms in total. The lowest BCUT2D eigenvalue weighted by molar-refractivity contribution is 0.0928. The normalized spacial score (nSPS) is 16.6. The molecule has 0 atom stereocenters. The summed E-state index contributed by atoms with van der Waals surface area (Å²) in [5, 5.41) is 3.71. The molecule has 1 aliphatic heterocycles. The number of hydrogen-bond donors (Lipinski definition) is 1. The molecule has 98 valence electrons. The van der Waals surface area contributed by atoms with Gasteiger partial charge in [-0.1, -0.05) is 11.8 Å². The van der Waals surface area contributed by atoms with Crippen molar-refractivity contribution < 1.29 is 4.79 Å². The SMILES string of the molecule is CSc1nc(C)cc(C(=O)NC2CCSCC2)n1. The summed E-state index contributed by atoms with van der Waals surface area (Å²) in [7, 11) is 0. The van der Waals surface area contributed by atoms with Crippen LogP contribution in [0.2, 0.25) is 0 Å². The molecule has 1 aromatic rings. The zero-order valence-corrected chi connectivity index (χ0v) is 12.2. The van der Waals surface area contributed by atoms with Crippen molar-refractivity contribution in [3.05, 3.63) is 17.5 Å². The molecule has 1 saturated heterocycles. The molecular formula is C12H17N3OS2. The van der Waals surface area contributed by atoms with Crippen LogP contribution in [0, 0.1) is 6.92 Å². The molecule has 2 rings (SSSR count). The summed E-state index contributed by atoms with van der Waals surface area (Å²) < 4.78 is 0. The fraction of sp³-hybridized carbons (Fsp3) is 0.583. The van der Waals surface area contributed by atoms with Crippen LogP contribution in [0.3, 0.4) is 0 Å². The second-order valence-electron chi connectivity index (χ2n) is 4.24. The monoisotopic (exact) mass is 283 g/mol. The van der Waals surface area contributed by atoms with Gasteiger partial charge in [0.2, 0.25) is 0 Å². The highest BCUT2D eigenvalue weighted by atomic mass is 32.2. The van der Waals surface area contributed by atoms with Crippen molar-refractivity contribution in [1.82, 2.24) is 15.3 Å². The van der Waals surface area contributed by atoms with E-state index in [4.69, 9.17) is 0 Å². The van der Waals surface area contributed by atoms with Crippen LogP contribution in [0.5, 0.6) is 0 Å². The van der Waals surface area contributed by atoms with Crippen molar-refractivity contribution in [3.63, 3.8) is 0 Å². The van der Waals surface area contributed by atoms with E-state index in [9.17, 15) is 4.79 Å². The van der Waals surface area contributed by atoms with Crippen LogP contribution in [0.1, 0.15) is 29.0 Å². The number of nitrogens with zero attached hydrogens (tertiary/aromatic N) is 2. The Balaban J connectivity index is 2.05. The van der Waals surface area contributed by atoms with Gasteiger partial charge in [-0.25, -0.2) is 9.97 Å². The average Bonchev–Trinajstić information content (AvgIpc) is 2.39. The summed E-state index contributed by atoms with van der Waals surface area (Å²) >= 11 is 3.40. The Labute approximate surface area is 116 Å². The zero-order valence-electron chi connectivity index (χ0n) is 10.6. The second kappa shape index (κ2) is 6.43. The molecule has 1 amide bonds. The van der Waals surface area contributed by atoms with Gasteiger partial charge in [0.25, 0.3) is 5.91 Å². The Morgan fingerprint density at radius 3 is 2.83 bits per heavy atom. The number of nitrogens with one attached hydrogen (secondary N) is 1. The number of thioether (sulfide) groups is 2. The van der Waals surface area contributed by atoms with E-state index in [2.05, 4.69) is 15.3 Å². The van der Waals surface area contributed by atoms with Gasteiger partial charge in [-0.3, -0.25) is 4.79 Å². The first-order chi connectivity index (χ1) is 8.69. The Morgan fingerprint density at radius 1 is 1.44 bits per heavy atom. The molecular weight excluding hydrogens is 266 g/mol. The predicted molar refractivity (Wildman–Crippen MR) is 76.4 cm³/mol. The summed E-state index contributed by atoms with van der Waals surface area (Å²) in [5.41, 5.74) is 1.31. The number of aromatic nitrogens is 2. The second-order valence-corrected chi connectivity index (χ2v) is 6.24. The van der Waals surface area contributed by atoms with Gasteiger partial charge in [0.15, 0.2) is 5.16 Å². The van der Waals surface area contributed by atoms with Crippen molar-refractivity contribution in [2.45, 2.75) is 31.0 Å². The fourth-order valence-electron chi connectivity index (χ4n) is 1.85. The van der Waals surface area contributed by atoms with Crippen molar-refractivity contribution >= 4 is 29.4 Å². The van der Waals surface area contributed by atoms with Crippen LogP contribution in [0.25, 0.3) is 0 Å². The number of amides is 1. The summed E-state index contributed by atoms with van der Waals surface area (Å²) in [4.78, 5) is 20.6. The zero-order chi connectivity index (χ0) is 13.0. The molecule has 2 heterocycles. The smallest absolute Gasteiger partial charge is 0.270 e. The lowest BCUT2D eigenvalue weighted by atomic mass is 10.1. The quantitative estimate of drug-likeness (QED) is 0.680. The topological polar surface area (TPSA) is 54.9 Å². The molecule has 0 saturated carbocycles. The molecule has 0 radical (unpaired) electrons. The molecule has 0 unspecified atom stereocenters. The van der Waals surface area contributed by atoms with E-state index < -0.39 is 0 Å². The van der Waals surface area contributed by atoms with Crippen LogP contribution in [-0.2, 0) is 0 Å². The van der Waals surface area contributed by atoms with E-state index in [1.807, 2.05) is 24.9 Å². The summed E-state index contributed by atoms with van der Waals surface area (Å²) in [6.07, 6.45) is 4.01. The number of rotatable bonds is 3. The standard InChI is InChI=1S/C12H17N3OS2/c1-8-7-10(15-12(13-8)17-2)11(16)14-9-3-5-18-6-4-9/h7,9H,3-6H2,1-2H3,(H,14,16). The van der Waals surface area contributed by atoms with E-state index in [1.54, 1.807) is 6.07 Å². The third-order valence-electron chi connectivity index (χ3n) is 2.81. The Bertz CT molecular complexity index is 433. The van der Waals surface area contributed by atoms with Gasteiger partial charge in [-0.2, -0.15) is 11.8 Å². The van der Waals surface area contributed by atoms with E-state index >= 15 is 0 Å². The maximum absolute atomic E-state index is 12.1. The van der Waals surface area contributed by atoms with Gasteiger partial charge in [-0.05, 0) is 43.6 Å². The Hall–Kier alpha value is -0.750. The molecule has 1 aliphatic rings. The maximum atomic E-state index is 12.1. The third-order valence-corrected chi connectivity index (χ3v) is 4.40. The van der Waals surface area contributed by atoms with Gasteiger partial charge < -0.3 is 5.32 Å². The molecule has 6 heteroatoms. The first kappa shape index (κ1) is 13.7. The molecule has 1 fully saturated rings. The van der Waals surface area contributed by atoms with Crippen LogP contribution >= 0.6 is 23.5 Å². The van der Waals surface area contributed by atoms with Crippen molar-refractivity contribution in [3.8, 4) is 0 Å². The summed E-state index contributed by atoms with van der Waals surface area (Å²) in [5.74, 6) is 2.18. The van der Waals surface area contributed by atoms with Gasteiger partial charge >= 0.3 is 0 Å². The number of hydrogen-bond acceptors (Lipinski definition) is 5. The molecule has 1 aromatic heterocycles. The van der Waals surface area contributed by atoms with Gasteiger partial charge in [0.05, 0.1) is 0 Å². The maximum Gasteiger partial charge on any atom is 0.270 e.